The maximum atomic E-state index is 13.2. The molecule has 2 aromatic rings. The van der Waals surface area contributed by atoms with E-state index in [2.05, 4.69) is 21.9 Å². The first-order chi connectivity index (χ1) is 9.74. The zero-order chi connectivity index (χ0) is 14.4. The smallest absolute Gasteiger partial charge is 0.164 e. The first-order valence-electron chi connectivity index (χ1n) is 6.13. The lowest BCUT2D eigenvalue weighted by molar-refractivity contribution is 0.286. The first kappa shape index (κ1) is 14.0. The molecule has 0 bridgehead atoms. The number of hydrogen-bond donors (Lipinski definition) is 1. The molecule has 0 aliphatic rings. The topological polar surface area (TPSA) is 60.2 Å². The number of halogens is 1. The van der Waals surface area contributed by atoms with Crippen molar-refractivity contribution in [3.8, 4) is 17.6 Å². The Labute approximate surface area is 116 Å². The van der Waals surface area contributed by atoms with Gasteiger partial charge in [-0.1, -0.05) is 11.8 Å². The van der Waals surface area contributed by atoms with Gasteiger partial charge >= 0.3 is 0 Å². The molecule has 1 heterocycles. The fourth-order valence-corrected chi connectivity index (χ4v) is 1.67. The van der Waals surface area contributed by atoms with E-state index in [1.807, 2.05) is 6.92 Å². The fourth-order valence-electron chi connectivity index (χ4n) is 1.67. The van der Waals surface area contributed by atoms with Gasteiger partial charge in [-0.05, 0) is 25.1 Å². The monoisotopic (exact) mass is 275 g/mol. The second-order valence-corrected chi connectivity index (χ2v) is 3.88. The molecule has 0 spiro atoms. The van der Waals surface area contributed by atoms with Crippen LogP contribution < -0.4 is 4.74 Å². The Kier molecular flexibility index (Phi) is 4.69. The molecule has 0 atom stereocenters. The summed E-state index contributed by atoms with van der Waals surface area (Å²) in [5.41, 5.74) is 0.390. The van der Waals surface area contributed by atoms with Crippen molar-refractivity contribution in [2.45, 2.75) is 20.1 Å². The Balaban J connectivity index is 2.17. The molecule has 0 saturated carbocycles. The quantitative estimate of drug-likeness (QED) is 0.856. The Hall–Kier alpha value is -2.39. The number of nitrogens with zero attached hydrogens (tertiary/aromatic N) is 3. The molecule has 1 N–H and O–H groups in total. The molecule has 20 heavy (non-hydrogen) atoms. The van der Waals surface area contributed by atoms with Crippen molar-refractivity contribution in [3.63, 3.8) is 0 Å². The third-order valence-electron chi connectivity index (χ3n) is 2.60. The lowest BCUT2D eigenvalue weighted by atomic mass is 10.2. The Morgan fingerprint density at radius 1 is 1.45 bits per heavy atom. The van der Waals surface area contributed by atoms with E-state index in [0.29, 0.717) is 23.7 Å². The highest BCUT2D eigenvalue weighted by Gasteiger charge is 2.07. The summed E-state index contributed by atoms with van der Waals surface area (Å²) < 4.78 is 20.5. The summed E-state index contributed by atoms with van der Waals surface area (Å²) in [7, 11) is 0. The molecule has 1 aromatic carbocycles. The van der Waals surface area contributed by atoms with Crippen molar-refractivity contribution in [1.82, 2.24) is 14.8 Å². The van der Waals surface area contributed by atoms with E-state index in [-0.39, 0.29) is 13.2 Å². The number of hydrogen-bond acceptors (Lipinski definition) is 4. The summed E-state index contributed by atoms with van der Waals surface area (Å²) in [6.07, 6.45) is 1.46. The van der Waals surface area contributed by atoms with Crippen LogP contribution in [0.15, 0.2) is 24.5 Å². The molecule has 2 rings (SSSR count). The highest BCUT2D eigenvalue weighted by molar-refractivity contribution is 5.46. The summed E-state index contributed by atoms with van der Waals surface area (Å²) in [4.78, 5) is 4.09. The SMILES string of the molecule is CCn1ncnc1COc1ccc(F)cc1C#CCO. The Morgan fingerprint density at radius 2 is 2.30 bits per heavy atom. The van der Waals surface area contributed by atoms with Crippen LogP contribution in [0.1, 0.15) is 18.3 Å². The summed E-state index contributed by atoms with van der Waals surface area (Å²) in [5, 5.41) is 12.7. The van der Waals surface area contributed by atoms with Crippen LogP contribution in [0.3, 0.4) is 0 Å². The average Bonchev–Trinajstić information content (AvgIpc) is 2.91. The Bertz CT molecular complexity index is 643. The van der Waals surface area contributed by atoms with E-state index in [9.17, 15) is 4.39 Å². The van der Waals surface area contributed by atoms with Crippen molar-refractivity contribution >= 4 is 0 Å². The van der Waals surface area contributed by atoms with Gasteiger partial charge in [0, 0.05) is 6.54 Å². The average molecular weight is 275 g/mol. The van der Waals surface area contributed by atoms with Crippen LogP contribution in [0, 0.1) is 17.7 Å². The molecule has 5 nitrogen and oxygen atoms in total. The summed E-state index contributed by atoms with van der Waals surface area (Å²) in [6.45, 7) is 2.57. The number of aryl methyl sites for hydroxylation is 1. The van der Waals surface area contributed by atoms with Crippen molar-refractivity contribution in [3.05, 3.63) is 41.7 Å². The van der Waals surface area contributed by atoms with Gasteiger partial charge < -0.3 is 9.84 Å². The van der Waals surface area contributed by atoms with Gasteiger partial charge in [0.05, 0.1) is 5.56 Å². The van der Waals surface area contributed by atoms with E-state index in [1.54, 1.807) is 4.68 Å². The minimum absolute atomic E-state index is 0.216. The van der Waals surface area contributed by atoms with Crippen LogP contribution in [-0.2, 0) is 13.2 Å². The largest absolute Gasteiger partial charge is 0.484 e. The minimum Gasteiger partial charge on any atom is -0.484 e. The van der Waals surface area contributed by atoms with Gasteiger partial charge in [0.1, 0.15) is 31.1 Å². The lowest BCUT2D eigenvalue weighted by Gasteiger charge is -2.08. The zero-order valence-electron chi connectivity index (χ0n) is 11.0. The number of aliphatic hydroxyl groups excluding tert-OH is 1. The second kappa shape index (κ2) is 6.68. The predicted octanol–water partition coefficient (Wildman–Crippen LogP) is 1.36. The summed E-state index contributed by atoms with van der Waals surface area (Å²) in [5.74, 6) is 5.84. The van der Waals surface area contributed by atoms with E-state index >= 15 is 0 Å². The van der Waals surface area contributed by atoms with Crippen LogP contribution in [0.4, 0.5) is 4.39 Å². The van der Waals surface area contributed by atoms with Crippen molar-refractivity contribution in [2.24, 2.45) is 0 Å². The van der Waals surface area contributed by atoms with E-state index < -0.39 is 5.82 Å². The van der Waals surface area contributed by atoms with Gasteiger partial charge in [-0.3, -0.25) is 0 Å². The number of aliphatic hydroxyl groups is 1. The molecule has 0 amide bonds. The minimum atomic E-state index is -0.406. The molecule has 0 saturated heterocycles. The van der Waals surface area contributed by atoms with Crippen molar-refractivity contribution in [1.29, 1.82) is 0 Å². The predicted molar refractivity (Wildman–Crippen MR) is 70.4 cm³/mol. The van der Waals surface area contributed by atoms with Gasteiger partial charge in [-0.15, -0.1) is 0 Å². The van der Waals surface area contributed by atoms with Crippen LogP contribution in [0.2, 0.25) is 0 Å². The molecular weight excluding hydrogens is 261 g/mol. The third-order valence-corrected chi connectivity index (χ3v) is 2.60. The molecular formula is C14H14FN3O2. The van der Waals surface area contributed by atoms with Gasteiger partial charge in [0.15, 0.2) is 5.82 Å². The van der Waals surface area contributed by atoms with Gasteiger partial charge in [-0.2, -0.15) is 5.10 Å². The second-order valence-electron chi connectivity index (χ2n) is 3.88. The van der Waals surface area contributed by atoms with Gasteiger partial charge in [-0.25, -0.2) is 14.1 Å². The van der Waals surface area contributed by atoms with Crippen LogP contribution in [0.5, 0.6) is 5.75 Å². The molecule has 0 fully saturated rings. The molecule has 0 radical (unpaired) electrons. The molecule has 104 valence electrons. The van der Waals surface area contributed by atoms with E-state index in [1.165, 1.54) is 24.5 Å². The maximum Gasteiger partial charge on any atom is 0.164 e. The fraction of sp³-hybridized carbons (Fsp3) is 0.286. The number of ether oxygens (including phenoxy) is 1. The van der Waals surface area contributed by atoms with Crippen molar-refractivity contribution < 1.29 is 14.2 Å². The summed E-state index contributed by atoms with van der Waals surface area (Å²) in [6, 6.07) is 4.07. The molecule has 0 aliphatic heterocycles. The molecule has 6 heteroatoms. The van der Waals surface area contributed by atoms with Gasteiger partial charge in [0.2, 0.25) is 0 Å². The summed E-state index contributed by atoms with van der Waals surface area (Å²) >= 11 is 0. The standard InChI is InChI=1S/C14H14FN3O2/c1-2-18-14(16-10-17-18)9-20-13-6-5-12(15)8-11(13)4-3-7-19/h5-6,8,10,19H,2,7,9H2,1H3. The van der Waals surface area contributed by atoms with Crippen molar-refractivity contribution in [2.75, 3.05) is 6.61 Å². The first-order valence-corrected chi connectivity index (χ1v) is 6.13. The number of benzene rings is 1. The molecule has 1 aromatic heterocycles. The molecule has 0 unspecified atom stereocenters. The lowest BCUT2D eigenvalue weighted by Crippen LogP contribution is -2.07. The highest BCUT2D eigenvalue weighted by atomic mass is 19.1. The van der Waals surface area contributed by atoms with Crippen LogP contribution >= 0.6 is 0 Å². The van der Waals surface area contributed by atoms with E-state index in [0.717, 1.165) is 0 Å². The van der Waals surface area contributed by atoms with E-state index in [4.69, 9.17) is 9.84 Å². The number of aromatic nitrogens is 3. The normalized spacial score (nSPS) is 9.95. The highest BCUT2D eigenvalue weighted by Crippen LogP contribution is 2.19. The Morgan fingerprint density at radius 3 is 3.05 bits per heavy atom. The van der Waals surface area contributed by atoms with Crippen LogP contribution in [0.25, 0.3) is 0 Å². The zero-order valence-corrected chi connectivity index (χ0v) is 11.0. The van der Waals surface area contributed by atoms with Crippen LogP contribution in [-0.4, -0.2) is 26.5 Å². The number of rotatable bonds is 4. The molecule has 0 aliphatic carbocycles. The third kappa shape index (κ3) is 3.33. The van der Waals surface area contributed by atoms with Gasteiger partial charge in [0.25, 0.3) is 0 Å². The maximum absolute atomic E-state index is 13.2.